The van der Waals surface area contributed by atoms with Crippen molar-refractivity contribution in [3.8, 4) is 0 Å². The molecule has 0 spiro atoms. The van der Waals surface area contributed by atoms with Gasteiger partial charge in [-0.25, -0.2) is 0 Å². The first-order valence-corrected chi connectivity index (χ1v) is 6.37. The lowest BCUT2D eigenvalue weighted by Crippen LogP contribution is -2.39. The Morgan fingerprint density at radius 2 is 2.19 bits per heavy atom. The summed E-state index contributed by atoms with van der Waals surface area (Å²) in [5, 5.41) is 15.1. The summed E-state index contributed by atoms with van der Waals surface area (Å²) < 4.78 is 0. The van der Waals surface area contributed by atoms with Gasteiger partial charge in [0.15, 0.2) is 0 Å². The van der Waals surface area contributed by atoms with Gasteiger partial charge in [-0.3, -0.25) is 4.79 Å². The Hall–Kier alpha value is -0.610. The van der Waals surface area contributed by atoms with Crippen molar-refractivity contribution in [1.29, 1.82) is 0 Å². The van der Waals surface area contributed by atoms with E-state index < -0.39 is 0 Å². The van der Waals surface area contributed by atoms with Crippen LogP contribution in [0.2, 0.25) is 0 Å². The molecule has 3 N–H and O–H groups in total. The summed E-state index contributed by atoms with van der Waals surface area (Å²) >= 11 is 0. The molecule has 0 aromatic rings. The predicted octanol–water partition coefficient (Wildman–Crippen LogP) is 0.511. The number of hydrogen-bond donors (Lipinski definition) is 3. The molecule has 94 valence electrons. The average molecular weight is 228 g/mol. The fourth-order valence-electron chi connectivity index (χ4n) is 2.11. The molecule has 0 aliphatic carbocycles. The minimum Gasteiger partial charge on any atom is -0.396 e. The molecule has 1 amide bonds. The molecule has 1 atom stereocenters. The molecule has 4 nitrogen and oxygen atoms in total. The van der Waals surface area contributed by atoms with E-state index in [0.717, 1.165) is 38.8 Å². The van der Waals surface area contributed by atoms with Gasteiger partial charge < -0.3 is 15.7 Å². The maximum atomic E-state index is 11.8. The van der Waals surface area contributed by atoms with Gasteiger partial charge in [0.05, 0.1) is 0 Å². The molecule has 1 heterocycles. The quantitative estimate of drug-likeness (QED) is 0.621. The van der Waals surface area contributed by atoms with Crippen molar-refractivity contribution in [2.24, 2.45) is 11.8 Å². The van der Waals surface area contributed by atoms with Crippen LogP contribution in [0.4, 0.5) is 0 Å². The van der Waals surface area contributed by atoms with Crippen LogP contribution in [0.5, 0.6) is 0 Å². The van der Waals surface area contributed by atoms with E-state index in [0.29, 0.717) is 12.5 Å². The number of hydrogen-bond acceptors (Lipinski definition) is 3. The number of amides is 1. The minimum atomic E-state index is 0.188. The third-order valence-electron chi connectivity index (χ3n) is 3.39. The molecule has 16 heavy (non-hydrogen) atoms. The van der Waals surface area contributed by atoms with Crippen molar-refractivity contribution < 1.29 is 9.90 Å². The molecule has 1 saturated heterocycles. The normalized spacial score (nSPS) is 19.4. The van der Waals surface area contributed by atoms with Crippen LogP contribution in [-0.4, -0.2) is 37.3 Å². The molecule has 4 heteroatoms. The van der Waals surface area contributed by atoms with Crippen LogP contribution in [0.15, 0.2) is 0 Å². The standard InChI is InChI=1S/C12H24N2O2/c1-2-10(5-8-15)9-14-12(16)11-3-6-13-7-4-11/h10-11,13,15H,2-9H2,1H3,(H,14,16). The van der Waals surface area contributed by atoms with Crippen LogP contribution < -0.4 is 10.6 Å². The van der Waals surface area contributed by atoms with Crippen molar-refractivity contribution >= 4 is 5.91 Å². The van der Waals surface area contributed by atoms with Crippen molar-refractivity contribution in [3.05, 3.63) is 0 Å². The molecule has 0 radical (unpaired) electrons. The largest absolute Gasteiger partial charge is 0.396 e. The number of aliphatic hydroxyl groups is 1. The molecular formula is C12H24N2O2. The Labute approximate surface area is 97.8 Å². The van der Waals surface area contributed by atoms with Crippen LogP contribution >= 0.6 is 0 Å². The molecule has 1 unspecified atom stereocenters. The first-order valence-electron chi connectivity index (χ1n) is 6.37. The Kier molecular flexibility index (Phi) is 6.42. The summed E-state index contributed by atoms with van der Waals surface area (Å²) in [6.45, 7) is 4.91. The predicted molar refractivity (Wildman–Crippen MR) is 64.1 cm³/mol. The Bertz CT molecular complexity index is 203. The van der Waals surface area contributed by atoms with Gasteiger partial charge in [0.25, 0.3) is 0 Å². The van der Waals surface area contributed by atoms with Crippen LogP contribution in [0, 0.1) is 11.8 Å². The van der Waals surface area contributed by atoms with Crippen LogP contribution in [0.25, 0.3) is 0 Å². The van der Waals surface area contributed by atoms with Gasteiger partial charge in [-0.2, -0.15) is 0 Å². The van der Waals surface area contributed by atoms with Gasteiger partial charge in [0.1, 0.15) is 0 Å². The first kappa shape index (κ1) is 13.5. The lowest BCUT2D eigenvalue weighted by molar-refractivity contribution is -0.125. The first-order chi connectivity index (χ1) is 7.77. The van der Waals surface area contributed by atoms with E-state index in [1.807, 2.05) is 0 Å². The second kappa shape index (κ2) is 7.63. The topological polar surface area (TPSA) is 61.4 Å². The van der Waals surface area contributed by atoms with Gasteiger partial charge in [-0.15, -0.1) is 0 Å². The highest BCUT2D eigenvalue weighted by Gasteiger charge is 2.20. The fourth-order valence-corrected chi connectivity index (χ4v) is 2.11. The van der Waals surface area contributed by atoms with Crippen LogP contribution in [0.3, 0.4) is 0 Å². The lowest BCUT2D eigenvalue weighted by atomic mass is 9.96. The van der Waals surface area contributed by atoms with Gasteiger partial charge in [-0.1, -0.05) is 13.3 Å². The minimum absolute atomic E-state index is 0.188. The summed E-state index contributed by atoms with van der Waals surface area (Å²) in [6.07, 6.45) is 3.68. The summed E-state index contributed by atoms with van der Waals surface area (Å²) in [5.74, 6) is 0.793. The SMILES string of the molecule is CCC(CCO)CNC(=O)C1CCNCC1. The second-order valence-electron chi connectivity index (χ2n) is 4.56. The van der Waals surface area contributed by atoms with Gasteiger partial charge in [0.2, 0.25) is 5.91 Å². The van der Waals surface area contributed by atoms with Crippen molar-refractivity contribution in [1.82, 2.24) is 10.6 Å². The summed E-state index contributed by atoms with van der Waals surface area (Å²) in [4.78, 5) is 11.8. The highest BCUT2D eigenvalue weighted by Crippen LogP contribution is 2.12. The number of carbonyl (C=O) groups excluding carboxylic acids is 1. The smallest absolute Gasteiger partial charge is 0.223 e. The zero-order valence-corrected chi connectivity index (χ0v) is 10.2. The third kappa shape index (κ3) is 4.49. The molecule has 1 rings (SSSR count). The number of carbonyl (C=O) groups is 1. The van der Waals surface area contributed by atoms with E-state index in [-0.39, 0.29) is 18.4 Å². The lowest BCUT2D eigenvalue weighted by Gasteiger charge is -2.23. The molecule has 0 aromatic carbocycles. The highest BCUT2D eigenvalue weighted by molar-refractivity contribution is 5.78. The maximum Gasteiger partial charge on any atom is 0.223 e. The number of nitrogens with one attached hydrogen (secondary N) is 2. The average Bonchev–Trinajstić information content (AvgIpc) is 2.35. The Morgan fingerprint density at radius 1 is 1.50 bits per heavy atom. The van der Waals surface area contributed by atoms with Crippen molar-refractivity contribution in [2.75, 3.05) is 26.2 Å². The molecule has 0 bridgehead atoms. The Balaban J connectivity index is 2.22. The zero-order chi connectivity index (χ0) is 11.8. The van der Waals surface area contributed by atoms with Crippen molar-refractivity contribution in [3.63, 3.8) is 0 Å². The van der Waals surface area contributed by atoms with E-state index >= 15 is 0 Å². The summed E-state index contributed by atoms with van der Waals surface area (Å²) in [6, 6.07) is 0. The highest BCUT2D eigenvalue weighted by atomic mass is 16.3. The maximum absolute atomic E-state index is 11.8. The fraction of sp³-hybridized carbons (Fsp3) is 0.917. The Morgan fingerprint density at radius 3 is 2.75 bits per heavy atom. The van der Waals surface area contributed by atoms with E-state index in [2.05, 4.69) is 17.6 Å². The van der Waals surface area contributed by atoms with Crippen LogP contribution in [0.1, 0.15) is 32.6 Å². The second-order valence-corrected chi connectivity index (χ2v) is 4.56. The van der Waals surface area contributed by atoms with Crippen LogP contribution in [-0.2, 0) is 4.79 Å². The number of rotatable bonds is 6. The third-order valence-corrected chi connectivity index (χ3v) is 3.39. The van der Waals surface area contributed by atoms with E-state index in [9.17, 15) is 4.79 Å². The van der Waals surface area contributed by atoms with Gasteiger partial charge >= 0.3 is 0 Å². The van der Waals surface area contributed by atoms with Gasteiger partial charge in [-0.05, 0) is 38.3 Å². The molecule has 1 aliphatic heterocycles. The van der Waals surface area contributed by atoms with E-state index in [4.69, 9.17) is 5.11 Å². The molecular weight excluding hydrogens is 204 g/mol. The summed E-state index contributed by atoms with van der Waals surface area (Å²) in [5.41, 5.74) is 0. The van der Waals surface area contributed by atoms with E-state index in [1.54, 1.807) is 0 Å². The van der Waals surface area contributed by atoms with E-state index in [1.165, 1.54) is 0 Å². The molecule has 1 aliphatic rings. The van der Waals surface area contributed by atoms with Crippen molar-refractivity contribution in [2.45, 2.75) is 32.6 Å². The molecule has 1 fully saturated rings. The summed E-state index contributed by atoms with van der Waals surface area (Å²) in [7, 11) is 0. The molecule has 0 aromatic heterocycles. The zero-order valence-electron chi connectivity index (χ0n) is 10.2. The molecule has 0 saturated carbocycles. The number of aliphatic hydroxyl groups excluding tert-OH is 1. The monoisotopic (exact) mass is 228 g/mol. The number of piperidine rings is 1. The van der Waals surface area contributed by atoms with Gasteiger partial charge in [0, 0.05) is 19.1 Å².